The number of halogens is 1. The first-order valence-electron chi connectivity index (χ1n) is 7.44. The highest BCUT2D eigenvalue weighted by atomic mass is 35.5. The van der Waals surface area contributed by atoms with Gasteiger partial charge in [0.15, 0.2) is 12.4 Å². The minimum absolute atomic E-state index is 0.0774. The zero-order valence-electron chi connectivity index (χ0n) is 13.7. The summed E-state index contributed by atoms with van der Waals surface area (Å²) in [7, 11) is 0. The van der Waals surface area contributed by atoms with Gasteiger partial charge in [-0.15, -0.1) is 0 Å². The molecular formula is C17H17ClN2O5. The molecule has 0 aliphatic rings. The molecule has 132 valence electrons. The maximum atomic E-state index is 11.8. The number of ether oxygens (including phenoxy) is 1. The number of furan rings is 1. The molecule has 0 bridgehead atoms. The van der Waals surface area contributed by atoms with Crippen LogP contribution in [0.1, 0.15) is 23.0 Å². The molecule has 0 aliphatic heterocycles. The molecule has 2 aromatic rings. The van der Waals surface area contributed by atoms with Crippen LogP contribution in [0.25, 0.3) is 0 Å². The maximum Gasteiger partial charge on any atom is 0.328 e. The van der Waals surface area contributed by atoms with Gasteiger partial charge < -0.3 is 19.8 Å². The lowest BCUT2D eigenvalue weighted by Crippen LogP contribution is -2.40. The van der Waals surface area contributed by atoms with E-state index >= 15 is 0 Å². The Morgan fingerprint density at radius 3 is 2.68 bits per heavy atom. The number of carbonyl (C=O) groups is 3. The van der Waals surface area contributed by atoms with E-state index in [1.165, 1.54) is 19.3 Å². The molecule has 0 saturated carbocycles. The summed E-state index contributed by atoms with van der Waals surface area (Å²) in [5.74, 6) is -1.73. The molecule has 0 fully saturated rings. The minimum atomic E-state index is -0.931. The topological polar surface area (TPSA) is 97.6 Å². The van der Waals surface area contributed by atoms with E-state index in [2.05, 4.69) is 10.6 Å². The standard InChI is InChI=1S/C17H17ClN2O5/c1-10-5-6-12(8-13(10)18)20-15(21)9-25-17(23)11(2)19-16(22)14-4-3-7-24-14/h3-8,11H,9H2,1-2H3,(H,19,22)(H,20,21)/t11-/m0/s1. The molecule has 1 aromatic heterocycles. The molecular weight excluding hydrogens is 348 g/mol. The highest BCUT2D eigenvalue weighted by molar-refractivity contribution is 6.31. The second-order valence-electron chi connectivity index (χ2n) is 5.29. The molecule has 2 rings (SSSR count). The molecule has 8 heteroatoms. The van der Waals surface area contributed by atoms with E-state index in [0.29, 0.717) is 10.7 Å². The van der Waals surface area contributed by atoms with Crippen molar-refractivity contribution in [2.75, 3.05) is 11.9 Å². The summed E-state index contributed by atoms with van der Waals surface area (Å²) in [5, 5.41) is 5.49. The van der Waals surface area contributed by atoms with Gasteiger partial charge in [-0.05, 0) is 43.7 Å². The van der Waals surface area contributed by atoms with Crippen LogP contribution in [0.4, 0.5) is 5.69 Å². The van der Waals surface area contributed by atoms with Gasteiger partial charge >= 0.3 is 5.97 Å². The van der Waals surface area contributed by atoms with E-state index in [1.54, 1.807) is 24.3 Å². The lowest BCUT2D eigenvalue weighted by molar-refractivity contribution is -0.148. The molecule has 25 heavy (non-hydrogen) atoms. The van der Waals surface area contributed by atoms with Crippen molar-refractivity contribution >= 4 is 35.1 Å². The van der Waals surface area contributed by atoms with Crippen molar-refractivity contribution in [2.45, 2.75) is 19.9 Å². The van der Waals surface area contributed by atoms with Crippen molar-refractivity contribution in [3.8, 4) is 0 Å². The molecule has 1 heterocycles. The predicted octanol–water partition coefficient (Wildman–Crippen LogP) is 2.54. The van der Waals surface area contributed by atoms with Crippen LogP contribution in [0.5, 0.6) is 0 Å². The summed E-state index contributed by atoms with van der Waals surface area (Å²) in [6, 6.07) is 7.14. The third-order valence-corrected chi connectivity index (χ3v) is 3.65. The first kappa shape index (κ1) is 18.5. The summed E-state index contributed by atoms with van der Waals surface area (Å²) in [6.45, 7) is 2.81. The average Bonchev–Trinajstić information content (AvgIpc) is 3.10. The molecule has 0 saturated heterocycles. The first-order chi connectivity index (χ1) is 11.9. The number of nitrogens with one attached hydrogen (secondary N) is 2. The van der Waals surface area contributed by atoms with Crippen molar-refractivity contribution in [3.05, 3.63) is 52.9 Å². The number of anilines is 1. The molecule has 0 radical (unpaired) electrons. The van der Waals surface area contributed by atoms with Crippen molar-refractivity contribution in [2.24, 2.45) is 0 Å². The van der Waals surface area contributed by atoms with Gasteiger partial charge in [0.05, 0.1) is 6.26 Å². The minimum Gasteiger partial charge on any atom is -0.459 e. The molecule has 0 aliphatic carbocycles. The summed E-state index contributed by atoms with van der Waals surface area (Å²) < 4.78 is 9.80. The second-order valence-corrected chi connectivity index (χ2v) is 5.70. The van der Waals surface area contributed by atoms with E-state index in [1.807, 2.05) is 6.92 Å². The summed E-state index contributed by atoms with van der Waals surface area (Å²) in [4.78, 5) is 35.4. The van der Waals surface area contributed by atoms with E-state index in [4.69, 9.17) is 20.8 Å². The fourth-order valence-corrected chi connectivity index (χ4v) is 2.04. The number of carbonyl (C=O) groups excluding carboxylic acids is 3. The Balaban J connectivity index is 1.79. The first-order valence-corrected chi connectivity index (χ1v) is 7.81. The molecule has 0 unspecified atom stereocenters. The number of esters is 1. The molecule has 2 N–H and O–H groups in total. The Hall–Kier alpha value is -2.80. The Kier molecular flexibility index (Phi) is 6.19. The SMILES string of the molecule is Cc1ccc(NC(=O)COC(=O)[C@H](C)NC(=O)c2ccco2)cc1Cl. The van der Waals surface area contributed by atoms with Gasteiger partial charge in [-0.2, -0.15) is 0 Å². The summed E-state index contributed by atoms with van der Waals surface area (Å²) >= 11 is 5.97. The van der Waals surface area contributed by atoms with Crippen molar-refractivity contribution < 1.29 is 23.5 Å². The summed E-state index contributed by atoms with van der Waals surface area (Å²) in [6.07, 6.45) is 1.35. The van der Waals surface area contributed by atoms with Gasteiger partial charge in [0.1, 0.15) is 6.04 Å². The Morgan fingerprint density at radius 1 is 1.28 bits per heavy atom. The third kappa shape index (κ3) is 5.36. The van der Waals surface area contributed by atoms with Gasteiger partial charge in [-0.3, -0.25) is 9.59 Å². The molecule has 7 nitrogen and oxygen atoms in total. The van der Waals surface area contributed by atoms with Gasteiger partial charge in [0.25, 0.3) is 11.8 Å². The molecule has 1 aromatic carbocycles. The number of amides is 2. The average molecular weight is 365 g/mol. The van der Waals surface area contributed by atoms with Crippen molar-refractivity contribution in [1.29, 1.82) is 0 Å². The monoisotopic (exact) mass is 364 g/mol. The highest BCUT2D eigenvalue weighted by Gasteiger charge is 2.20. The number of hydrogen-bond donors (Lipinski definition) is 2. The number of hydrogen-bond acceptors (Lipinski definition) is 5. The fraction of sp³-hybridized carbons (Fsp3) is 0.235. The van der Waals surface area contributed by atoms with Crippen LogP contribution in [0.3, 0.4) is 0 Å². The fourth-order valence-electron chi connectivity index (χ4n) is 1.86. The predicted molar refractivity (Wildman–Crippen MR) is 91.4 cm³/mol. The van der Waals surface area contributed by atoms with Gasteiger partial charge in [0.2, 0.25) is 0 Å². The van der Waals surface area contributed by atoms with E-state index in [-0.39, 0.29) is 5.76 Å². The van der Waals surface area contributed by atoms with Gasteiger partial charge in [-0.25, -0.2) is 4.79 Å². The smallest absolute Gasteiger partial charge is 0.328 e. The largest absolute Gasteiger partial charge is 0.459 e. The maximum absolute atomic E-state index is 11.8. The van der Waals surface area contributed by atoms with Crippen LogP contribution in [-0.4, -0.2) is 30.4 Å². The van der Waals surface area contributed by atoms with Crippen LogP contribution in [0.15, 0.2) is 41.0 Å². The van der Waals surface area contributed by atoms with Gasteiger partial charge in [-0.1, -0.05) is 17.7 Å². The highest BCUT2D eigenvalue weighted by Crippen LogP contribution is 2.19. The quantitative estimate of drug-likeness (QED) is 0.767. The Morgan fingerprint density at radius 2 is 2.04 bits per heavy atom. The van der Waals surface area contributed by atoms with Crippen LogP contribution in [-0.2, 0) is 14.3 Å². The molecule has 1 atom stereocenters. The van der Waals surface area contributed by atoms with E-state index < -0.39 is 30.4 Å². The lowest BCUT2D eigenvalue weighted by Gasteiger charge is -2.12. The van der Waals surface area contributed by atoms with Crippen LogP contribution >= 0.6 is 11.6 Å². The van der Waals surface area contributed by atoms with Crippen molar-refractivity contribution in [1.82, 2.24) is 5.32 Å². The molecule has 0 spiro atoms. The molecule has 2 amide bonds. The van der Waals surface area contributed by atoms with Gasteiger partial charge in [0, 0.05) is 10.7 Å². The lowest BCUT2D eigenvalue weighted by atomic mass is 10.2. The summed E-state index contributed by atoms with van der Waals surface area (Å²) in [5.41, 5.74) is 1.38. The number of rotatable bonds is 6. The third-order valence-electron chi connectivity index (χ3n) is 3.25. The Labute approximate surface area is 149 Å². The number of aryl methyl sites for hydroxylation is 1. The zero-order chi connectivity index (χ0) is 18.4. The second kappa shape index (κ2) is 8.34. The van der Waals surface area contributed by atoms with E-state index in [0.717, 1.165) is 5.56 Å². The van der Waals surface area contributed by atoms with Crippen LogP contribution in [0, 0.1) is 6.92 Å². The number of benzene rings is 1. The van der Waals surface area contributed by atoms with Crippen molar-refractivity contribution in [3.63, 3.8) is 0 Å². The van der Waals surface area contributed by atoms with Crippen LogP contribution in [0.2, 0.25) is 5.02 Å². The van der Waals surface area contributed by atoms with E-state index in [9.17, 15) is 14.4 Å². The van der Waals surface area contributed by atoms with Crippen LogP contribution < -0.4 is 10.6 Å². The normalized spacial score (nSPS) is 11.5. The Bertz CT molecular complexity index is 773. The zero-order valence-corrected chi connectivity index (χ0v) is 14.4.